The summed E-state index contributed by atoms with van der Waals surface area (Å²) in [7, 11) is 0. The number of aliphatic imine (C=N–C) groups is 1. The monoisotopic (exact) mass is 404 g/mol. The Bertz CT molecular complexity index is 1140. The molecule has 1 aliphatic heterocycles. The van der Waals surface area contributed by atoms with Crippen LogP contribution >= 0.6 is 0 Å². The summed E-state index contributed by atoms with van der Waals surface area (Å²) in [6, 6.07) is 18.7. The molecular formula is C24H18F2N2O2. The highest BCUT2D eigenvalue weighted by atomic mass is 19.1. The van der Waals surface area contributed by atoms with Crippen LogP contribution in [-0.2, 0) is 4.79 Å². The summed E-state index contributed by atoms with van der Waals surface area (Å²) in [5, 5.41) is 0. The summed E-state index contributed by atoms with van der Waals surface area (Å²) in [5.41, 5.74) is 1.49. The van der Waals surface area contributed by atoms with Crippen LogP contribution in [0.3, 0.4) is 0 Å². The second-order valence-electron chi connectivity index (χ2n) is 6.56. The van der Waals surface area contributed by atoms with Crippen molar-refractivity contribution >= 4 is 23.5 Å². The number of anilines is 1. The van der Waals surface area contributed by atoms with Gasteiger partial charge >= 0.3 is 0 Å². The zero-order chi connectivity index (χ0) is 21.1. The Labute approximate surface area is 172 Å². The molecule has 1 aliphatic rings. The molecule has 3 aromatic rings. The minimum Gasteiger partial charge on any atom is -0.494 e. The van der Waals surface area contributed by atoms with E-state index in [4.69, 9.17) is 4.74 Å². The highest BCUT2D eigenvalue weighted by Gasteiger charge is 2.33. The second-order valence-corrected chi connectivity index (χ2v) is 6.56. The minimum atomic E-state index is -0.501. The van der Waals surface area contributed by atoms with Crippen molar-refractivity contribution in [3.8, 4) is 5.75 Å². The van der Waals surface area contributed by atoms with E-state index >= 15 is 0 Å². The molecule has 1 amide bonds. The van der Waals surface area contributed by atoms with Crippen LogP contribution in [0.2, 0.25) is 0 Å². The van der Waals surface area contributed by atoms with Gasteiger partial charge in [-0.2, -0.15) is 0 Å². The molecule has 0 bridgehead atoms. The van der Waals surface area contributed by atoms with Gasteiger partial charge in [0.2, 0.25) is 0 Å². The van der Waals surface area contributed by atoms with Gasteiger partial charge in [-0.25, -0.2) is 13.8 Å². The predicted molar refractivity (Wildman–Crippen MR) is 112 cm³/mol. The Balaban J connectivity index is 1.77. The van der Waals surface area contributed by atoms with Crippen molar-refractivity contribution in [1.29, 1.82) is 0 Å². The second kappa shape index (κ2) is 8.29. The van der Waals surface area contributed by atoms with Crippen LogP contribution < -0.4 is 9.64 Å². The van der Waals surface area contributed by atoms with Crippen molar-refractivity contribution < 1.29 is 18.3 Å². The van der Waals surface area contributed by atoms with Gasteiger partial charge < -0.3 is 4.74 Å². The molecule has 6 heteroatoms. The average Bonchev–Trinajstić information content (AvgIpc) is 3.06. The molecule has 0 N–H and O–H groups in total. The molecule has 0 radical (unpaired) electrons. The molecular weight excluding hydrogens is 386 g/mol. The van der Waals surface area contributed by atoms with E-state index in [1.54, 1.807) is 36.4 Å². The first-order valence-electron chi connectivity index (χ1n) is 9.45. The van der Waals surface area contributed by atoms with Crippen molar-refractivity contribution in [3.63, 3.8) is 0 Å². The summed E-state index contributed by atoms with van der Waals surface area (Å²) in [4.78, 5) is 18.9. The number of hydrogen-bond acceptors (Lipinski definition) is 3. The number of carbonyl (C=O) groups is 1. The third-order valence-corrected chi connectivity index (χ3v) is 4.55. The fraction of sp³-hybridized carbons (Fsp3) is 0.0833. The van der Waals surface area contributed by atoms with Gasteiger partial charge in [-0.05, 0) is 67.1 Å². The Morgan fingerprint density at radius 2 is 1.67 bits per heavy atom. The van der Waals surface area contributed by atoms with Gasteiger partial charge in [0.25, 0.3) is 5.91 Å². The number of hydrogen-bond donors (Lipinski definition) is 0. The zero-order valence-corrected chi connectivity index (χ0v) is 16.2. The molecule has 0 fully saturated rings. The fourth-order valence-corrected chi connectivity index (χ4v) is 3.15. The SMILES string of the molecule is CCOc1ccc(/C=C2/N=C(c3ccccc3F)N(c3ccc(F)cc3)C2=O)cc1. The summed E-state index contributed by atoms with van der Waals surface area (Å²) in [6.45, 7) is 2.46. The largest absolute Gasteiger partial charge is 0.494 e. The van der Waals surface area contributed by atoms with Crippen LogP contribution in [0.25, 0.3) is 6.08 Å². The fourth-order valence-electron chi connectivity index (χ4n) is 3.15. The van der Waals surface area contributed by atoms with Gasteiger partial charge in [0.05, 0.1) is 17.9 Å². The molecule has 4 rings (SSSR count). The van der Waals surface area contributed by atoms with Crippen LogP contribution in [0.4, 0.5) is 14.5 Å². The van der Waals surface area contributed by atoms with Gasteiger partial charge in [-0.3, -0.25) is 9.69 Å². The highest BCUT2D eigenvalue weighted by Crippen LogP contribution is 2.29. The summed E-state index contributed by atoms with van der Waals surface area (Å²) < 4.78 is 33.3. The lowest BCUT2D eigenvalue weighted by Crippen LogP contribution is -2.33. The summed E-state index contributed by atoms with van der Waals surface area (Å²) >= 11 is 0. The molecule has 0 saturated heterocycles. The van der Waals surface area contributed by atoms with Crippen molar-refractivity contribution in [2.75, 3.05) is 11.5 Å². The van der Waals surface area contributed by atoms with Gasteiger partial charge in [-0.1, -0.05) is 24.3 Å². The third-order valence-electron chi connectivity index (χ3n) is 4.55. The van der Waals surface area contributed by atoms with E-state index in [2.05, 4.69) is 4.99 Å². The quantitative estimate of drug-likeness (QED) is 0.549. The first-order chi connectivity index (χ1) is 14.6. The van der Waals surface area contributed by atoms with Crippen molar-refractivity contribution in [3.05, 3.63) is 101 Å². The van der Waals surface area contributed by atoms with E-state index < -0.39 is 17.5 Å². The molecule has 3 aromatic carbocycles. The number of benzene rings is 3. The van der Waals surface area contributed by atoms with E-state index in [-0.39, 0.29) is 17.1 Å². The molecule has 30 heavy (non-hydrogen) atoms. The third kappa shape index (κ3) is 3.85. The van der Waals surface area contributed by atoms with Crippen LogP contribution in [0.5, 0.6) is 5.75 Å². The first kappa shape index (κ1) is 19.5. The maximum Gasteiger partial charge on any atom is 0.282 e. The molecule has 4 nitrogen and oxygen atoms in total. The Morgan fingerprint density at radius 3 is 2.33 bits per heavy atom. The number of ether oxygens (including phenoxy) is 1. The van der Waals surface area contributed by atoms with Gasteiger partial charge in [-0.15, -0.1) is 0 Å². The Morgan fingerprint density at radius 1 is 0.967 bits per heavy atom. The molecule has 150 valence electrons. The van der Waals surface area contributed by atoms with E-state index in [9.17, 15) is 13.6 Å². The van der Waals surface area contributed by atoms with E-state index in [1.165, 1.54) is 35.2 Å². The highest BCUT2D eigenvalue weighted by molar-refractivity contribution is 6.33. The van der Waals surface area contributed by atoms with Crippen LogP contribution in [0.15, 0.2) is 83.5 Å². The summed E-state index contributed by atoms with van der Waals surface area (Å²) in [6.07, 6.45) is 1.63. The van der Waals surface area contributed by atoms with Crippen molar-refractivity contribution in [2.45, 2.75) is 6.92 Å². The molecule has 0 atom stereocenters. The number of amidine groups is 1. The predicted octanol–water partition coefficient (Wildman–Crippen LogP) is 5.20. The van der Waals surface area contributed by atoms with E-state index in [1.807, 2.05) is 19.1 Å². The maximum atomic E-state index is 14.5. The first-order valence-corrected chi connectivity index (χ1v) is 9.45. The normalized spacial score (nSPS) is 14.9. The van der Waals surface area contributed by atoms with E-state index in [0.29, 0.717) is 12.3 Å². The van der Waals surface area contributed by atoms with Crippen molar-refractivity contribution in [1.82, 2.24) is 0 Å². The molecule has 0 aliphatic carbocycles. The standard InChI is InChI=1S/C24H18F2N2O2/c1-2-30-19-13-7-16(8-14-19)15-22-24(29)28(18-11-9-17(25)10-12-18)23(27-22)20-5-3-4-6-21(20)26/h3-15H,2H2,1H3/b22-15+. The molecule has 0 spiro atoms. The zero-order valence-electron chi connectivity index (χ0n) is 16.2. The van der Waals surface area contributed by atoms with Gasteiger partial charge in [0, 0.05) is 0 Å². The number of carbonyl (C=O) groups excluding carboxylic acids is 1. The van der Waals surface area contributed by atoms with E-state index in [0.717, 1.165) is 11.3 Å². The maximum absolute atomic E-state index is 14.5. The topological polar surface area (TPSA) is 41.9 Å². The Kier molecular flexibility index (Phi) is 5.39. The summed E-state index contributed by atoms with van der Waals surface area (Å²) in [5.74, 6) is -0.477. The van der Waals surface area contributed by atoms with Gasteiger partial charge in [0.1, 0.15) is 23.1 Å². The van der Waals surface area contributed by atoms with Crippen LogP contribution in [0, 0.1) is 11.6 Å². The number of amides is 1. The lowest BCUT2D eigenvalue weighted by atomic mass is 10.1. The van der Waals surface area contributed by atoms with Crippen molar-refractivity contribution in [2.24, 2.45) is 4.99 Å². The smallest absolute Gasteiger partial charge is 0.282 e. The molecule has 0 aromatic heterocycles. The lowest BCUT2D eigenvalue weighted by molar-refractivity contribution is -0.113. The number of nitrogens with zero attached hydrogens (tertiary/aromatic N) is 2. The number of rotatable bonds is 5. The lowest BCUT2D eigenvalue weighted by Gasteiger charge is -2.18. The molecule has 0 unspecified atom stereocenters. The molecule has 1 heterocycles. The minimum absolute atomic E-state index is 0.154. The number of halogens is 2. The Hall–Kier alpha value is -3.80. The van der Waals surface area contributed by atoms with Gasteiger partial charge in [0.15, 0.2) is 5.84 Å². The van der Waals surface area contributed by atoms with Crippen LogP contribution in [-0.4, -0.2) is 18.3 Å². The van der Waals surface area contributed by atoms with Crippen LogP contribution in [0.1, 0.15) is 18.1 Å². The molecule has 0 saturated carbocycles. The average molecular weight is 404 g/mol.